The number of nitrogens with zero attached hydrogens (tertiary/aromatic N) is 2. The summed E-state index contributed by atoms with van der Waals surface area (Å²) in [5.74, 6) is 1.94. The fourth-order valence-electron chi connectivity index (χ4n) is 1.65. The van der Waals surface area contributed by atoms with Crippen LogP contribution in [0.25, 0.3) is 0 Å². The third-order valence-electron chi connectivity index (χ3n) is 2.73. The lowest BCUT2D eigenvalue weighted by Gasteiger charge is -2.09. The zero-order valence-corrected chi connectivity index (χ0v) is 10.9. The molecule has 1 heterocycles. The van der Waals surface area contributed by atoms with Crippen molar-refractivity contribution >= 4 is 17.5 Å². The first-order valence-electron chi connectivity index (χ1n) is 6.07. The number of aromatic nitrogens is 2. The van der Waals surface area contributed by atoms with E-state index in [0.29, 0.717) is 11.9 Å². The molecule has 0 radical (unpaired) electrons. The van der Waals surface area contributed by atoms with Gasteiger partial charge in [-0.1, -0.05) is 26.0 Å². The summed E-state index contributed by atoms with van der Waals surface area (Å²) in [5, 5.41) is 6.17. The van der Waals surface area contributed by atoms with E-state index in [-0.39, 0.29) is 0 Å². The zero-order chi connectivity index (χ0) is 13.0. The summed E-state index contributed by atoms with van der Waals surface area (Å²) < 4.78 is 0. The third kappa shape index (κ3) is 2.97. The fraction of sp³-hybridized carbons (Fsp3) is 0.286. The predicted octanol–water partition coefficient (Wildman–Crippen LogP) is 3.39. The molecule has 0 aliphatic carbocycles. The van der Waals surface area contributed by atoms with Gasteiger partial charge < -0.3 is 10.6 Å². The maximum absolute atomic E-state index is 4.31. The highest BCUT2D eigenvalue weighted by molar-refractivity contribution is 5.57. The summed E-state index contributed by atoms with van der Waals surface area (Å²) >= 11 is 0. The van der Waals surface area contributed by atoms with Crippen LogP contribution in [0.5, 0.6) is 0 Å². The molecule has 0 saturated heterocycles. The summed E-state index contributed by atoms with van der Waals surface area (Å²) in [6.45, 7) is 4.37. The first-order chi connectivity index (χ1) is 8.69. The molecular formula is C14H18N4. The summed E-state index contributed by atoms with van der Waals surface area (Å²) in [6, 6.07) is 10.2. The van der Waals surface area contributed by atoms with E-state index in [2.05, 4.69) is 58.7 Å². The van der Waals surface area contributed by atoms with Gasteiger partial charge in [0.2, 0.25) is 5.95 Å². The molecule has 0 bridgehead atoms. The van der Waals surface area contributed by atoms with Crippen molar-refractivity contribution in [1.82, 2.24) is 9.97 Å². The van der Waals surface area contributed by atoms with Crippen molar-refractivity contribution in [3.63, 3.8) is 0 Å². The van der Waals surface area contributed by atoms with Crippen LogP contribution in [-0.2, 0) is 0 Å². The topological polar surface area (TPSA) is 49.8 Å². The SMILES string of the molecule is CNc1nccc(Nc2ccc(C(C)C)cc2)n1. The molecule has 0 unspecified atom stereocenters. The van der Waals surface area contributed by atoms with Gasteiger partial charge in [-0.2, -0.15) is 4.98 Å². The second-order valence-corrected chi connectivity index (χ2v) is 4.42. The van der Waals surface area contributed by atoms with E-state index in [9.17, 15) is 0 Å². The molecule has 1 aromatic carbocycles. The van der Waals surface area contributed by atoms with E-state index in [0.717, 1.165) is 11.5 Å². The Hall–Kier alpha value is -2.10. The summed E-state index contributed by atoms with van der Waals surface area (Å²) in [7, 11) is 1.80. The maximum Gasteiger partial charge on any atom is 0.224 e. The summed E-state index contributed by atoms with van der Waals surface area (Å²) in [5.41, 5.74) is 2.36. The lowest BCUT2D eigenvalue weighted by Crippen LogP contribution is -1.99. The lowest BCUT2D eigenvalue weighted by molar-refractivity contribution is 0.867. The highest BCUT2D eigenvalue weighted by Gasteiger charge is 2.00. The van der Waals surface area contributed by atoms with Gasteiger partial charge in [-0.15, -0.1) is 0 Å². The number of hydrogen-bond acceptors (Lipinski definition) is 4. The molecule has 0 atom stereocenters. The molecule has 2 aromatic rings. The third-order valence-corrected chi connectivity index (χ3v) is 2.73. The Kier molecular flexibility index (Phi) is 3.77. The Bertz CT molecular complexity index is 505. The largest absolute Gasteiger partial charge is 0.357 e. The van der Waals surface area contributed by atoms with Gasteiger partial charge >= 0.3 is 0 Å². The second kappa shape index (κ2) is 5.49. The molecule has 18 heavy (non-hydrogen) atoms. The second-order valence-electron chi connectivity index (χ2n) is 4.42. The van der Waals surface area contributed by atoms with Gasteiger partial charge in [-0.3, -0.25) is 0 Å². The van der Waals surface area contributed by atoms with Gasteiger partial charge in [0.1, 0.15) is 5.82 Å². The molecule has 0 spiro atoms. The van der Waals surface area contributed by atoms with Crippen molar-refractivity contribution in [2.75, 3.05) is 17.7 Å². The van der Waals surface area contributed by atoms with Crippen molar-refractivity contribution in [2.45, 2.75) is 19.8 Å². The van der Waals surface area contributed by atoms with Crippen LogP contribution in [-0.4, -0.2) is 17.0 Å². The van der Waals surface area contributed by atoms with Gasteiger partial charge in [0.05, 0.1) is 0 Å². The number of nitrogens with one attached hydrogen (secondary N) is 2. The molecule has 4 heteroatoms. The maximum atomic E-state index is 4.31. The van der Waals surface area contributed by atoms with Crippen LogP contribution in [0.1, 0.15) is 25.3 Å². The molecule has 0 aliphatic rings. The molecule has 2 N–H and O–H groups in total. The Labute approximate surface area is 107 Å². The monoisotopic (exact) mass is 242 g/mol. The smallest absolute Gasteiger partial charge is 0.224 e. The standard InChI is InChI=1S/C14H18N4/c1-10(2)11-4-6-12(7-5-11)17-13-8-9-16-14(15-3)18-13/h4-10H,1-3H3,(H2,15,16,17,18). The number of rotatable bonds is 4. The minimum atomic E-state index is 0.550. The van der Waals surface area contributed by atoms with Crippen LogP contribution in [0.3, 0.4) is 0 Å². The summed E-state index contributed by atoms with van der Waals surface area (Å²) in [4.78, 5) is 8.39. The molecule has 0 amide bonds. The van der Waals surface area contributed by atoms with E-state index < -0.39 is 0 Å². The van der Waals surface area contributed by atoms with Crippen molar-refractivity contribution in [2.24, 2.45) is 0 Å². The molecule has 0 fully saturated rings. The number of benzene rings is 1. The van der Waals surface area contributed by atoms with E-state index in [1.165, 1.54) is 5.56 Å². The van der Waals surface area contributed by atoms with Gasteiger partial charge in [-0.25, -0.2) is 4.98 Å². The molecule has 2 rings (SSSR count). The van der Waals surface area contributed by atoms with Gasteiger partial charge in [0, 0.05) is 18.9 Å². The van der Waals surface area contributed by atoms with E-state index >= 15 is 0 Å². The van der Waals surface area contributed by atoms with Gasteiger partial charge in [0.25, 0.3) is 0 Å². The molecular weight excluding hydrogens is 224 g/mol. The average Bonchev–Trinajstić information content (AvgIpc) is 2.39. The van der Waals surface area contributed by atoms with Crippen LogP contribution < -0.4 is 10.6 Å². The summed E-state index contributed by atoms with van der Waals surface area (Å²) in [6.07, 6.45) is 1.73. The molecule has 94 valence electrons. The van der Waals surface area contributed by atoms with Crippen molar-refractivity contribution < 1.29 is 0 Å². The van der Waals surface area contributed by atoms with E-state index in [1.807, 2.05) is 6.07 Å². The predicted molar refractivity (Wildman–Crippen MR) is 75.4 cm³/mol. The minimum Gasteiger partial charge on any atom is -0.357 e. The lowest BCUT2D eigenvalue weighted by atomic mass is 10.0. The fourth-order valence-corrected chi connectivity index (χ4v) is 1.65. The van der Waals surface area contributed by atoms with Gasteiger partial charge in [0.15, 0.2) is 0 Å². The van der Waals surface area contributed by atoms with Gasteiger partial charge in [-0.05, 0) is 29.7 Å². The molecule has 4 nitrogen and oxygen atoms in total. The molecule has 0 aliphatic heterocycles. The van der Waals surface area contributed by atoms with Crippen LogP contribution in [0.2, 0.25) is 0 Å². The van der Waals surface area contributed by atoms with Crippen molar-refractivity contribution in [3.8, 4) is 0 Å². The average molecular weight is 242 g/mol. The number of anilines is 3. The zero-order valence-electron chi connectivity index (χ0n) is 10.9. The Balaban J connectivity index is 2.13. The number of hydrogen-bond donors (Lipinski definition) is 2. The van der Waals surface area contributed by atoms with Crippen LogP contribution >= 0.6 is 0 Å². The Morgan fingerprint density at radius 3 is 2.39 bits per heavy atom. The quantitative estimate of drug-likeness (QED) is 0.863. The van der Waals surface area contributed by atoms with Crippen LogP contribution in [0, 0.1) is 0 Å². The van der Waals surface area contributed by atoms with Crippen molar-refractivity contribution in [1.29, 1.82) is 0 Å². The highest BCUT2D eigenvalue weighted by atomic mass is 15.1. The Morgan fingerprint density at radius 1 is 1.06 bits per heavy atom. The molecule has 0 saturated carbocycles. The minimum absolute atomic E-state index is 0.550. The van der Waals surface area contributed by atoms with Crippen LogP contribution in [0.4, 0.5) is 17.5 Å². The Morgan fingerprint density at radius 2 is 1.78 bits per heavy atom. The normalized spacial score (nSPS) is 10.4. The highest BCUT2D eigenvalue weighted by Crippen LogP contribution is 2.19. The first-order valence-corrected chi connectivity index (χ1v) is 6.07. The molecule has 1 aromatic heterocycles. The van der Waals surface area contributed by atoms with E-state index in [4.69, 9.17) is 0 Å². The van der Waals surface area contributed by atoms with Crippen molar-refractivity contribution in [3.05, 3.63) is 42.1 Å². The van der Waals surface area contributed by atoms with E-state index in [1.54, 1.807) is 13.2 Å². The first kappa shape index (κ1) is 12.4. The van der Waals surface area contributed by atoms with Crippen LogP contribution in [0.15, 0.2) is 36.5 Å².